The number of carbonyl (C=O) groups excluding carboxylic acids is 1. The molecule has 0 saturated carbocycles. The van der Waals surface area contributed by atoms with Gasteiger partial charge in [-0.2, -0.15) is 0 Å². The lowest BCUT2D eigenvalue weighted by Crippen LogP contribution is -2.24. The number of amides is 1. The van der Waals surface area contributed by atoms with Crippen LogP contribution in [0.25, 0.3) is 5.76 Å². The molecular formula is C13H14N4O3S. The van der Waals surface area contributed by atoms with Crippen LogP contribution in [0.5, 0.6) is 0 Å². The summed E-state index contributed by atoms with van der Waals surface area (Å²) >= 11 is 1.28. The zero-order valence-corrected chi connectivity index (χ0v) is 11.9. The molecule has 1 aromatic heterocycles. The van der Waals surface area contributed by atoms with Crippen LogP contribution in [0.4, 0.5) is 10.8 Å². The number of rotatable bonds is 5. The van der Waals surface area contributed by atoms with E-state index in [2.05, 4.69) is 15.6 Å². The number of aliphatic hydroxyl groups is 1. The highest BCUT2D eigenvalue weighted by molar-refractivity contribution is 7.13. The van der Waals surface area contributed by atoms with Crippen LogP contribution in [0, 0.1) is 0 Å². The molecule has 1 aromatic carbocycles. The SMILES string of the molecule is CN/C(C(=O)Nc1nccs1)=C(\O)c1ccc(NO)cc1. The van der Waals surface area contributed by atoms with Gasteiger partial charge in [0.1, 0.15) is 5.70 Å². The van der Waals surface area contributed by atoms with E-state index in [4.69, 9.17) is 5.21 Å². The fourth-order valence-electron chi connectivity index (χ4n) is 1.63. The van der Waals surface area contributed by atoms with E-state index >= 15 is 0 Å². The highest BCUT2D eigenvalue weighted by Gasteiger charge is 2.16. The minimum absolute atomic E-state index is 0.0231. The minimum atomic E-state index is -0.491. The normalized spacial score (nSPS) is 11.5. The number of thiazole rings is 1. The van der Waals surface area contributed by atoms with E-state index in [0.29, 0.717) is 16.4 Å². The molecule has 0 aliphatic rings. The summed E-state index contributed by atoms with van der Waals surface area (Å²) in [6.45, 7) is 0. The van der Waals surface area contributed by atoms with Crippen molar-refractivity contribution in [2.75, 3.05) is 17.8 Å². The molecule has 0 atom stereocenters. The van der Waals surface area contributed by atoms with Crippen molar-refractivity contribution in [2.24, 2.45) is 0 Å². The molecule has 0 saturated heterocycles. The van der Waals surface area contributed by atoms with Gasteiger partial charge in [0.15, 0.2) is 10.9 Å². The van der Waals surface area contributed by atoms with Gasteiger partial charge in [0.2, 0.25) is 0 Å². The van der Waals surface area contributed by atoms with Crippen molar-refractivity contribution in [1.29, 1.82) is 0 Å². The lowest BCUT2D eigenvalue weighted by Gasteiger charge is -2.10. The molecule has 7 nitrogen and oxygen atoms in total. The Labute approximate surface area is 124 Å². The number of hydrogen-bond donors (Lipinski definition) is 5. The third-order valence-corrected chi connectivity index (χ3v) is 3.34. The van der Waals surface area contributed by atoms with Crippen LogP contribution < -0.4 is 16.1 Å². The summed E-state index contributed by atoms with van der Waals surface area (Å²) in [4.78, 5) is 16.0. The molecule has 0 aliphatic heterocycles. The number of nitrogens with one attached hydrogen (secondary N) is 3. The van der Waals surface area contributed by atoms with Crippen molar-refractivity contribution in [2.45, 2.75) is 0 Å². The molecule has 2 aromatic rings. The number of aromatic nitrogens is 1. The van der Waals surface area contributed by atoms with Crippen LogP contribution in [0.2, 0.25) is 0 Å². The first-order valence-corrected chi connectivity index (χ1v) is 6.86. The first kappa shape index (κ1) is 14.8. The van der Waals surface area contributed by atoms with Gasteiger partial charge in [-0.05, 0) is 24.3 Å². The highest BCUT2D eigenvalue weighted by Crippen LogP contribution is 2.19. The molecule has 0 spiro atoms. The summed E-state index contributed by atoms with van der Waals surface area (Å²) in [5, 5.41) is 26.4. The second-order valence-electron chi connectivity index (χ2n) is 3.95. The smallest absolute Gasteiger partial charge is 0.277 e. The van der Waals surface area contributed by atoms with Gasteiger partial charge in [-0.15, -0.1) is 11.3 Å². The number of nitrogens with zero attached hydrogens (tertiary/aromatic N) is 1. The van der Waals surface area contributed by atoms with E-state index in [1.54, 1.807) is 35.8 Å². The lowest BCUT2D eigenvalue weighted by molar-refractivity contribution is -0.113. The Balaban J connectivity index is 2.25. The molecule has 2 rings (SSSR count). The number of anilines is 2. The van der Waals surface area contributed by atoms with E-state index in [1.165, 1.54) is 18.4 Å². The Bertz CT molecular complexity index is 638. The van der Waals surface area contributed by atoms with Gasteiger partial charge in [0.05, 0.1) is 5.69 Å². The molecular weight excluding hydrogens is 292 g/mol. The topological polar surface area (TPSA) is 107 Å². The van der Waals surface area contributed by atoms with Gasteiger partial charge in [-0.3, -0.25) is 20.8 Å². The Hall–Kier alpha value is -2.58. The van der Waals surface area contributed by atoms with Crippen LogP contribution in [-0.2, 0) is 4.79 Å². The van der Waals surface area contributed by atoms with Gasteiger partial charge in [0, 0.05) is 24.2 Å². The fourth-order valence-corrected chi connectivity index (χ4v) is 2.16. The molecule has 0 bridgehead atoms. The van der Waals surface area contributed by atoms with E-state index in [-0.39, 0.29) is 11.5 Å². The van der Waals surface area contributed by atoms with E-state index in [9.17, 15) is 9.90 Å². The van der Waals surface area contributed by atoms with Crippen molar-refractivity contribution in [3.8, 4) is 0 Å². The molecule has 5 N–H and O–H groups in total. The number of benzene rings is 1. The first-order valence-electron chi connectivity index (χ1n) is 5.98. The Morgan fingerprint density at radius 2 is 2.00 bits per heavy atom. The maximum absolute atomic E-state index is 12.1. The number of likely N-dealkylation sites (N-methyl/N-ethyl adjacent to an activating group) is 1. The van der Waals surface area contributed by atoms with Crippen LogP contribution in [0.15, 0.2) is 41.5 Å². The predicted octanol–water partition coefficient (Wildman–Crippen LogP) is 2.03. The predicted molar refractivity (Wildman–Crippen MR) is 81.2 cm³/mol. The van der Waals surface area contributed by atoms with Crippen LogP contribution >= 0.6 is 11.3 Å². The van der Waals surface area contributed by atoms with Gasteiger partial charge >= 0.3 is 0 Å². The number of carbonyl (C=O) groups is 1. The maximum Gasteiger partial charge on any atom is 0.277 e. The van der Waals surface area contributed by atoms with Crippen molar-refractivity contribution < 1.29 is 15.1 Å². The minimum Gasteiger partial charge on any atom is -0.505 e. The van der Waals surface area contributed by atoms with Crippen LogP contribution in [0.3, 0.4) is 0 Å². The number of aliphatic hydroxyl groups excluding tert-OH is 1. The summed E-state index contributed by atoms with van der Waals surface area (Å²) in [7, 11) is 1.54. The molecule has 8 heteroatoms. The average molecular weight is 306 g/mol. The third kappa shape index (κ3) is 3.50. The Morgan fingerprint density at radius 1 is 1.29 bits per heavy atom. The third-order valence-electron chi connectivity index (χ3n) is 2.65. The lowest BCUT2D eigenvalue weighted by atomic mass is 10.1. The quantitative estimate of drug-likeness (QED) is 0.329. The standard InChI is InChI=1S/C13H14N4O3S/c1-14-10(12(19)16-13-15-6-7-21-13)11(18)8-2-4-9(17-20)5-3-8/h2-7,14,17-18,20H,1H3,(H,15,16,19)/b11-10-. The zero-order valence-electron chi connectivity index (χ0n) is 11.1. The highest BCUT2D eigenvalue weighted by atomic mass is 32.1. The first-order chi connectivity index (χ1) is 10.2. The van der Waals surface area contributed by atoms with Crippen LogP contribution in [-0.4, -0.2) is 28.3 Å². The van der Waals surface area contributed by atoms with Gasteiger partial charge < -0.3 is 10.4 Å². The molecule has 1 amide bonds. The van der Waals surface area contributed by atoms with Crippen molar-refractivity contribution in [1.82, 2.24) is 10.3 Å². The molecule has 110 valence electrons. The Kier molecular flexibility index (Phi) is 4.75. The van der Waals surface area contributed by atoms with Crippen molar-refractivity contribution >= 4 is 33.8 Å². The van der Waals surface area contributed by atoms with E-state index in [1.807, 2.05) is 5.48 Å². The monoisotopic (exact) mass is 306 g/mol. The maximum atomic E-state index is 12.1. The van der Waals surface area contributed by atoms with Gasteiger partial charge in [-0.1, -0.05) is 0 Å². The summed E-state index contributed by atoms with van der Waals surface area (Å²) in [5.74, 6) is -0.689. The zero-order chi connectivity index (χ0) is 15.2. The largest absolute Gasteiger partial charge is 0.505 e. The van der Waals surface area contributed by atoms with Crippen molar-refractivity contribution in [3.05, 3.63) is 47.1 Å². The number of hydrogen-bond acceptors (Lipinski definition) is 7. The van der Waals surface area contributed by atoms with E-state index in [0.717, 1.165) is 0 Å². The second kappa shape index (κ2) is 6.73. The molecule has 21 heavy (non-hydrogen) atoms. The summed E-state index contributed by atoms with van der Waals surface area (Å²) in [6.07, 6.45) is 1.57. The molecule has 0 fully saturated rings. The second-order valence-corrected chi connectivity index (χ2v) is 4.85. The summed E-state index contributed by atoms with van der Waals surface area (Å²) in [5.41, 5.74) is 2.93. The van der Waals surface area contributed by atoms with Gasteiger partial charge in [-0.25, -0.2) is 4.98 Å². The van der Waals surface area contributed by atoms with Gasteiger partial charge in [0.25, 0.3) is 5.91 Å². The molecule has 0 aliphatic carbocycles. The van der Waals surface area contributed by atoms with E-state index < -0.39 is 5.91 Å². The average Bonchev–Trinajstić information content (AvgIpc) is 3.01. The summed E-state index contributed by atoms with van der Waals surface area (Å²) < 4.78 is 0. The summed E-state index contributed by atoms with van der Waals surface area (Å²) in [6, 6.07) is 6.28. The van der Waals surface area contributed by atoms with Crippen LogP contribution in [0.1, 0.15) is 5.56 Å². The molecule has 1 heterocycles. The molecule has 0 radical (unpaired) electrons. The fraction of sp³-hybridized carbons (Fsp3) is 0.0769. The Morgan fingerprint density at radius 3 is 2.52 bits per heavy atom. The molecule has 0 unspecified atom stereocenters. The van der Waals surface area contributed by atoms with Crippen molar-refractivity contribution in [3.63, 3.8) is 0 Å².